The number of carbonyl (C=O) groups is 2. The first kappa shape index (κ1) is 14.8. The van der Waals surface area contributed by atoms with Crippen molar-refractivity contribution in [2.24, 2.45) is 0 Å². The maximum Gasteiger partial charge on any atom is 0.329 e. The van der Waals surface area contributed by atoms with Gasteiger partial charge in [0.25, 0.3) is 0 Å². The van der Waals surface area contributed by atoms with E-state index in [-0.39, 0.29) is 0 Å². The van der Waals surface area contributed by atoms with Gasteiger partial charge >= 0.3 is 5.97 Å². The number of carbonyl (C=O) groups excluding carboxylic acids is 1. The van der Waals surface area contributed by atoms with Gasteiger partial charge in [-0.05, 0) is 0 Å². The Kier molecular flexibility index (Phi) is 5.89. The van der Waals surface area contributed by atoms with E-state index in [0.29, 0.717) is 0 Å². The molecule has 0 rings (SSSR count). The average molecular weight is 237 g/mol. The summed E-state index contributed by atoms with van der Waals surface area (Å²) in [4.78, 5) is 21.3. The van der Waals surface area contributed by atoms with Crippen LogP contribution in [-0.2, 0) is 9.59 Å². The lowest BCUT2D eigenvalue weighted by atomic mass is 10.0. The Bertz CT molecular complexity index is 257. The third-order valence-corrected chi connectivity index (χ3v) is 1.90. The standard InChI is InChI=1S/C8H15NO7/c1-3(11)9-5(8(15)16)7(14)6(13)4(12)2-10/h4-7,10,12-14H,2H2,1H3,(H,9,11)(H,15,16)/t4-,5-,6+,7-/m1/s1. The molecule has 16 heavy (non-hydrogen) atoms. The molecule has 0 saturated carbocycles. The lowest BCUT2D eigenvalue weighted by Crippen LogP contribution is -2.55. The van der Waals surface area contributed by atoms with E-state index >= 15 is 0 Å². The van der Waals surface area contributed by atoms with Crippen LogP contribution in [0.5, 0.6) is 0 Å². The van der Waals surface area contributed by atoms with Crippen LogP contribution in [0.1, 0.15) is 6.92 Å². The van der Waals surface area contributed by atoms with Crippen molar-refractivity contribution < 1.29 is 35.1 Å². The zero-order valence-corrected chi connectivity index (χ0v) is 8.57. The smallest absolute Gasteiger partial charge is 0.329 e. The average Bonchev–Trinajstić information content (AvgIpc) is 2.22. The van der Waals surface area contributed by atoms with Crippen LogP contribution in [0.3, 0.4) is 0 Å². The molecule has 0 aliphatic rings. The first-order chi connectivity index (χ1) is 7.31. The van der Waals surface area contributed by atoms with Crippen LogP contribution in [0.4, 0.5) is 0 Å². The van der Waals surface area contributed by atoms with Gasteiger partial charge in [-0.3, -0.25) is 4.79 Å². The molecule has 0 aromatic heterocycles. The highest BCUT2D eigenvalue weighted by Crippen LogP contribution is 2.05. The number of aliphatic hydroxyl groups is 4. The summed E-state index contributed by atoms with van der Waals surface area (Å²) in [7, 11) is 0. The van der Waals surface area contributed by atoms with Crippen molar-refractivity contribution in [2.75, 3.05) is 6.61 Å². The van der Waals surface area contributed by atoms with Crippen LogP contribution in [0.15, 0.2) is 0 Å². The second-order valence-electron chi connectivity index (χ2n) is 3.25. The van der Waals surface area contributed by atoms with Crippen LogP contribution in [0.25, 0.3) is 0 Å². The molecular weight excluding hydrogens is 222 g/mol. The third-order valence-electron chi connectivity index (χ3n) is 1.90. The van der Waals surface area contributed by atoms with E-state index in [9.17, 15) is 19.8 Å². The summed E-state index contributed by atoms with van der Waals surface area (Å²) in [6, 6.07) is -1.76. The Hall–Kier alpha value is -1.22. The van der Waals surface area contributed by atoms with Crippen molar-refractivity contribution in [1.29, 1.82) is 0 Å². The van der Waals surface area contributed by atoms with Crippen LogP contribution in [0.2, 0.25) is 0 Å². The molecule has 0 aliphatic heterocycles. The van der Waals surface area contributed by atoms with Gasteiger partial charge in [-0.1, -0.05) is 0 Å². The second-order valence-corrected chi connectivity index (χ2v) is 3.25. The van der Waals surface area contributed by atoms with Gasteiger partial charge in [0.1, 0.15) is 18.3 Å². The predicted octanol–water partition coefficient (Wildman–Crippen LogP) is -3.35. The van der Waals surface area contributed by atoms with E-state index in [1.165, 1.54) is 0 Å². The van der Waals surface area contributed by atoms with E-state index in [1.54, 1.807) is 0 Å². The molecule has 8 nitrogen and oxygen atoms in total. The van der Waals surface area contributed by atoms with Gasteiger partial charge in [0, 0.05) is 6.92 Å². The molecule has 0 bridgehead atoms. The minimum atomic E-state index is -1.93. The number of amides is 1. The van der Waals surface area contributed by atoms with Gasteiger partial charge in [0.15, 0.2) is 6.04 Å². The lowest BCUT2D eigenvalue weighted by molar-refractivity contribution is -0.151. The van der Waals surface area contributed by atoms with Crippen LogP contribution < -0.4 is 5.32 Å². The van der Waals surface area contributed by atoms with Crippen LogP contribution >= 0.6 is 0 Å². The zero-order valence-electron chi connectivity index (χ0n) is 8.57. The molecular formula is C8H15NO7. The molecule has 0 radical (unpaired) electrons. The molecule has 94 valence electrons. The van der Waals surface area contributed by atoms with E-state index in [2.05, 4.69) is 0 Å². The molecule has 4 atom stereocenters. The van der Waals surface area contributed by atoms with Gasteiger partial charge in [0.05, 0.1) is 6.61 Å². The van der Waals surface area contributed by atoms with E-state index in [1.807, 2.05) is 5.32 Å². The second kappa shape index (κ2) is 6.38. The van der Waals surface area contributed by atoms with Crippen molar-refractivity contribution in [3.05, 3.63) is 0 Å². The van der Waals surface area contributed by atoms with Gasteiger partial charge in [-0.15, -0.1) is 0 Å². The Balaban J connectivity index is 4.66. The molecule has 0 aromatic carbocycles. The number of nitrogens with one attached hydrogen (secondary N) is 1. The normalized spacial score (nSPS) is 18.3. The minimum Gasteiger partial charge on any atom is -0.480 e. The highest BCUT2D eigenvalue weighted by molar-refractivity contribution is 5.82. The molecule has 0 heterocycles. The maximum atomic E-state index is 10.7. The third kappa shape index (κ3) is 4.11. The Morgan fingerprint density at radius 3 is 2.00 bits per heavy atom. The quantitative estimate of drug-likeness (QED) is 0.283. The number of carboxylic acid groups (broad SMARTS) is 1. The lowest BCUT2D eigenvalue weighted by Gasteiger charge is -2.26. The molecule has 6 N–H and O–H groups in total. The first-order valence-electron chi connectivity index (χ1n) is 4.46. The number of aliphatic hydroxyl groups excluding tert-OH is 4. The van der Waals surface area contributed by atoms with Crippen molar-refractivity contribution in [3.8, 4) is 0 Å². The maximum absolute atomic E-state index is 10.7. The molecule has 0 aliphatic carbocycles. The molecule has 0 spiro atoms. The molecule has 0 fully saturated rings. The number of rotatable bonds is 6. The summed E-state index contributed by atoms with van der Waals surface area (Å²) in [5.74, 6) is -2.27. The van der Waals surface area contributed by atoms with Gasteiger partial charge < -0.3 is 30.8 Å². The summed E-state index contributed by atoms with van der Waals surface area (Å²) < 4.78 is 0. The summed E-state index contributed by atoms with van der Waals surface area (Å²) >= 11 is 0. The SMILES string of the molecule is CC(=O)N[C@@H](C(=O)O)[C@@H](O)[C@@H](O)[C@H](O)CO. The van der Waals surface area contributed by atoms with E-state index < -0.39 is 42.8 Å². The zero-order chi connectivity index (χ0) is 12.9. The van der Waals surface area contributed by atoms with Gasteiger partial charge in [-0.25, -0.2) is 4.79 Å². The fraction of sp³-hybridized carbons (Fsp3) is 0.750. The first-order valence-corrected chi connectivity index (χ1v) is 4.46. The Morgan fingerprint density at radius 1 is 1.19 bits per heavy atom. The van der Waals surface area contributed by atoms with Crippen molar-refractivity contribution >= 4 is 11.9 Å². The Morgan fingerprint density at radius 2 is 1.69 bits per heavy atom. The summed E-state index contributed by atoms with van der Waals surface area (Å²) in [5, 5.41) is 46.7. The van der Waals surface area contributed by atoms with Gasteiger partial charge in [0.2, 0.25) is 5.91 Å². The summed E-state index contributed by atoms with van der Waals surface area (Å²) in [5.41, 5.74) is 0. The fourth-order valence-corrected chi connectivity index (χ4v) is 1.04. The minimum absolute atomic E-state index is 0.711. The van der Waals surface area contributed by atoms with Crippen molar-refractivity contribution in [1.82, 2.24) is 5.32 Å². The highest BCUT2D eigenvalue weighted by atomic mass is 16.4. The fourth-order valence-electron chi connectivity index (χ4n) is 1.04. The molecule has 0 unspecified atom stereocenters. The van der Waals surface area contributed by atoms with Gasteiger partial charge in [-0.2, -0.15) is 0 Å². The van der Waals surface area contributed by atoms with Crippen molar-refractivity contribution in [3.63, 3.8) is 0 Å². The number of carboxylic acids is 1. The van der Waals surface area contributed by atoms with Crippen molar-refractivity contribution in [2.45, 2.75) is 31.3 Å². The summed E-state index contributed by atoms with van der Waals surface area (Å²) in [6.45, 7) is 0.197. The Labute approximate surface area is 91.1 Å². The highest BCUT2D eigenvalue weighted by Gasteiger charge is 2.35. The van der Waals surface area contributed by atoms with E-state index in [0.717, 1.165) is 6.92 Å². The number of aliphatic carboxylic acids is 1. The number of hydrogen-bond donors (Lipinski definition) is 6. The molecule has 0 aromatic rings. The number of hydrogen-bond acceptors (Lipinski definition) is 6. The molecule has 0 saturated heterocycles. The largest absolute Gasteiger partial charge is 0.480 e. The predicted molar refractivity (Wildman–Crippen MR) is 50.3 cm³/mol. The van der Waals surface area contributed by atoms with Crippen LogP contribution in [0, 0.1) is 0 Å². The topological polar surface area (TPSA) is 147 Å². The molecule has 8 heteroatoms. The van der Waals surface area contributed by atoms with E-state index in [4.69, 9.17) is 15.3 Å². The van der Waals surface area contributed by atoms with Crippen LogP contribution in [-0.4, -0.2) is 68.4 Å². The monoisotopic (exact) mass is 237 g/mol. The molecule has 1 amide bonds. The summed E-state index contributed by atoms with van der Waals surface area (Å²) in [6.07, 6.45) is -5.49.